The molecule has 2 aliphatic rings. The summed E-state index contributed by atoms with van der Waals surface area (Å²) in [6.45, 7) is 4.31. The molecule has 2 aliphatic heterocycles. The van der Waals surface area contributed by atoms with E-state index in [0.29, 0.717) is 18.9 Å². The number of nitrogens with two attached hydrogens (primary N) is 1. The van der Waals surface area contributed by atoms with Gasteiger partial charge >= 0.3 is 6.18 Å². The Morgan fingerprint density at radius 1 is 1.38 bits per heavy atom. The van der Waals surface area contributed by atoms with Gasteiger partial charge in [-0.2, -0.15) is 13.2 Å². The lowest BCUT2D eigenvalue weighted by atomic mass is 9.77. The van der Waals surface area contributed by atoms with Crippen molar-refractivity contribution in [2.45, 2.75) is 19.1 Å². The van der Waals surface area contributed by atoms with E-state index in [1.54, 1.807) is 0 Å². The fourth-order valence-corrected chi connectivity index (χ4v) is 2.67. The summed E-state index contributed by atoms with van der Waals surface area (Å²) in [6, 6.07) is -1.27. The minimum atomic E-state index is -4.76. The maximum Gasteiger partial charge on any atom is 0.408 e. The fourth-order valence-electron chi connectivity index (χ4n) is 2.67. The van der Waals surface area contributed by atoms with Gasteiger partial charge in [0.05, 0.1) is 6.04 Å². The van der Waals surface area contributed by atoms with E-state index in [2.05, 4.69) is 9.89 Å². The van der Waals surface area contributed by atoms with Crippen LogP contribution in [0.3, 0.4) is 0 Å². The van der Waals surface area contributed by atoms with Gasteiger partial charge in [-0.15, -0.1) is 0 Å². The molecule has 2 unspecified atom stereocenters. The Morgan fingerprint density at radius 3 is 2.38 bits per heavy atom. The number of hydrogen-bond acceptors (Lipinski definition) is 4. The zero-order valence-electron chi connectivity index (χ0n) is 12.0. The Morgan fingerprint density at radius 2 is 1.95 bits per heavy atom. The normalized spacial score (nSPS) is 31.2. The van der Waals surface area contributed by atoms with Gasteiger partial charge < -0.3 is 15.5 Å². The number of halogens is 3. The van der Waals surface area contributed by atoms with E-state index in [9.17, 15) is 18.0 Å². The predicted octanol–water partition coefficient (Wildman–Crippen LogP) is 0.625. The van der Waals surface area contributed by atoms with Crippen LogP contribution in [0.15, 0.2) is 17.1 Å². The number of rotatable bonds is 1. The second kappa shape index (κ2) is 5.32. The average Bonchev–Trinajstić information content (AvgIpc) is 2.37. The van der Waals surface area contributed by atoms with E-state index in [1.807, 2.05) is 11.9 Å². The van der Waals surface area contributed by atoms with Gasteiger partial charge in [-0.05, 0) is 20.0 Å². The van der Waals surface area contributed by atoms with E-state index in [-0.39, 0.29) is 0 Å². The Hall–Kier alpha value is -1.57. The lowest BCUT2D eigenvalue weighted by Crippen LogP contribution is -2.56. The molecule has 0 aromatic heterocycles. The van der Waals surface area contributed by atoms with Crippen molar-refractivity contribution in [3.05, 3.63) is 12.2 Å². The van der Waals surface area contributed by atoms with Crippen LogP contribution < -0.4 is 5.73 Å². The second-order valence-electron chi connectivity index (χ2n) is 5.52. The standard InChI is InChI=1S/C13H19F3N4O/c1-9-12(11(17)21,13(14,15)16)4-3-10(18-9)20-7-5-19(2)6-8-20/h3-4,9H,5-8H2,1-2H3,(H2,17,21). The quantitative estimate of drug-likeness (QED) is 0.773. The lowest BCUT2D eigenvalue weighted by molar-refractivity contribution is -0.209. The summed E-state index contributed by atoms with van der Waals surface area (Å²) in [5, 5.41) is 0. The first-order valence-corrected chi connectivity index (χ1v) is 6.75. The summed E-state index contributed by atoms with van der Waals surface area (Å²) >= 11 is 0. The number of primary amides is 1. The minimum absolute atomic E-state index is 0.483. The van der Waals surface area contributed by atoms with Crippen LogP contribution in [0.1, 0.15) is 6.92 Å². The van der Waals surface area contributed by atoms with E-state index < -0.39 is 23.5 Å². The Balaban J connectivity index is 2.25. The lowest BCUT2D eigenvalue weighted by Gasteiger charge is -2.39. The van der Waals surface area contributed by atoms with E-state index in [1.165, 1.54) is 13.0 Å². The number of hydrogen-bond donors (Lipinski definition) is 1. The van der Waals surface area contributed by atoms with Crippen LogP contribution in [-0.2, 0) is 4.79 Å². The molecule has 0 aromatic rings. The summed E-state index contributed by atoms with van der Waals surface area (Å²) in [4.78, 5) is 19.6. The molecule has 2 atom stereocenters. The van der Waals surface area contributed by atoms with Crippen LogP contribution in [0.4, 0.5) is 13.2 Å². The van der Waals surface area contributed by atoms with Crippen LogP contribution in [0.25, 0.3) is 0 Å². The highest BCUT2D eigenvalue weighted by molar-refractivity contribution is 5.97. The Bertz CT molecular complexity index is 480. The number of carbonyl (C=O) groups excluding carboxylic acids is 1. The molecule has 0 saturated carbocycles. The third kappa shape index (κ3) is 2.64. The fraction of sp³-hybridized carbons (Fsp3) is 0.692. The third-order valence-electron chi connectivity index (χ3n) is 4.18. The molecule has 0 aromatic carbocycles. The Kier molecular flexibility index (Phi) is 4.01. The number of alkyl halides is 3. The average molecular weight is 304 g/mol. The molecule has 2 rings (SSSR count). The highest BCUT2D eigenvalue weighted by Crippen LogP contribution is 2.45. The van der Waals surface area contributed by atoms with Crippen LogP contribution >= 0.6 is 0 Å². The number of piperazine rings is 1. The summed E-state index contributed by atoms with van der Waals surface area (Å²) in [5.41, 5.74) is 2.30. The molecule has 2 heterocycles. The van der Waals surface area contributed by atoms with Crippen molar-refractivity contribution in [2.24, 2.45) is 16.1 Å². The van der Waals surface area contributed by atoms with Gasteiger partial charge in [0.15, 0.2) is 5.41 Å². The van der Waals surface area contributed by atoms with Crippen molar-refractivity contribution >= 4 is 11.7 Å². The largest absolute Gasteiger partial charge is 0.408 e. The zero-order chi connectivity index (χ0) is 15.8. The van der Waals surface area contributed by atoms with Crippen molar-refractivity contribution in [1.29, 1.82) is 0 Å². The Labute approximate surface area is 121 Å². The van der Waals surface area contributed by atoms with Crippen LogP contribution in [0, 0.1) is 5.41 Å². The van der Waals surface area contributed by atoms with Crippen molar-refractivity contribution < 1.29 is 18.0 Å². The molecule has 21 heavy (non-hydrogen) atoms. The molecule has 118 valence electrons. The molecule has 1 fully saturated rings. The SMILES string of the molecule is CC1N=C(N2CCN(C)CC2)C=CC1(C(N)=O)C(F)(F)F. The highest BCUT2D eigenvalue weighted by Gasteiger charge is 2.62. The van der Waals surface area contributed by atoms with E-state index >= 15 is 0 Å². The topological polar surface area (TPSA) is 61.9 Å². The molecular formula is C13H19F3N4O. The minimum Gasteiger partial charge on any atom is -0.369 e. The van der Waals surface area contributed by atoms with E-state index in [0.717, 1.165) is 19.2 Å². The maximum absolute atomic E-state index is 13.3. The van der Waals surface area contributed by atoms with Crippen molar-refractivity contribution in [1.82, 2.24) is 9.80 Å². The van der Waals surface area contributed by atoms with Gasteiger partial charge in [-0.3, -0.25) is 9.79 Å². The first-order valence-electron chi connectivity index (χ1n) is 6.75. The smallest absolute Gasteiger partial charge is 0.369 e. The van der Waals surface area contributed by atoms with Gasteiger partial charge in [-0.1, -0.05) is 6.08 Å². The molecule has 0 spiro atoms. The van der Waals surface area contributed by atoms with Crippen molar-refractivity contribution in [2.75, 3.05) is 33.2 Å². The van der Waals surface area contributed by atoms with Crippen molar-refractivity contribution in [3.8, 4) is 0 Å². The number of nitrogens with zero attached hydrogens (tertiary/aromatic N) is 3. The second-order valence-corrected chi connectivity index (χ2v) is 5.52. The van der Waals surface area contributed by atoms with Crippen molar-refractivity contribution in [3.63, 3.8) is 0 Å². The maximum atomic E-state index is 13.3. The monoisotopic (exact) mass is 304 g/mol. The molecule has 2 N–H and O–H groups in total. The molecule has 0 bridgehead atoms. The number of amidine groups is 1. The zero-order valence-corrected chi connectivity index (χ0v) is 12.0. The number of amides is 1. The molecule has 0 radical (unpaired) electrons. The van der Waals surface area contributed by atoms with Gasteiger partial charge in [0.1, 0.15) is 5.84 Å². The van der Waals surface area contributed by atoms with Gasteiger partial charge in [-0.25, -0.2) is 0 Å². The number of dihydropyridines is 1. The molecular weight excluding hydrogens is 285 g/mol. The molecule has 1 saturated heterocycles. The van der Waals surface area contributed by atoms with Crippen LogP contribution in [0.2, 0.25) is 0 Å². The molecule has 1 amide bonds. The summed E-state index contributed by atoms with van der Waals surface area (Å²) in [5.74, 6) is -0.934. The number of aliphatic imine (C=N–C) groups is 1. The number of carbonyl (C=O) groups is 1. The summed E-state index contributed by atoms with van der Waals surface area (Å²) in [6.07, 6.45) is -2.63. The molecule has 5 nitrogen and oxygen atoms in total. The first kappa shape index (κ1) is 15.8. The van der Waals surface area contributed by atoms with E-state index in [4.69, 9.17) is 5.73 Å². The summed E-state index contributed by atoms with van der Waals surface area (Å²) < 4.78 is 39.8. The third-order valence-corrected chi connectivity index (χ3v) is 4.18. The summed E-state index contributed by atoms with van der Waals surface area (Å²) in [7, 11) is 1.99. The first-order chi connectivity index (χ1) is 9.68. The van der Waals surface area contributed by atoms with Gasteiger partial charge in [0.25, 0.3) is 0 Å². The van der Waals surface area contributed by atoms with Gasteiger partial charge in [0.2, 0.25) is 5.91 Å². The molecule has 8 heteroatoms. The highest BCUT2D eigenvalue weighted by atomic mass is 19.4. The van der Waals surface area contributed by atoms with Gasteiger partial charge in [0, 0.05) is 26.2 Å². The molecule has 0 aliphatic carbocycles. The van der Waals surface area contributed by atoms with Crippen LogP contribution in [0.5, 0.6) is 0 Å². The predicted molar refractivity (Wildman–Crippen MR) is 72.8 cm³/mol. The van der Waals surface area contributed by atoms with Crippen LogP contribution in [-0.4, -0.2) is 67.0 Å². The number of likely N-dealkylation sites (N-methyl/N-ethyl adjacent to an activating group) is 1.